The van der Waals surface area contributed by atoms with Gasteiger partial charge in [0.1, 0.15) is 0 Å². The molecule has 0 aliphatic rings. The Hall–Kier alpha value is -2.74. The topological polar surface area (TPSA) is 73.0 Å². The number of halogens is 2. The second kappa shape index (κ2) is 9.60. The van der Waals surface area contributed by atoms with Crippen molar-refractivity contribution in [1.29, 1.82) is 0 Å². The van der Waals surface area contributed by atoms with Crippen LogP contribution < -0.4 is 5.32 Å². The zero-order valence-corrected chi connectivity index (χ0v) is 18.8. The number of hydrogen-bond donors (Lipinski definition) is 1. The van der Waals surface area contributed by atoms with Gasteiger partial charge < -0.3 is 9.73 Å². The molecule has 0 spiro atoms. The summed E-state index contributed by atoms with van der Waals surface area (Å²) in [5.41, 5.74) is 3.06. The number of amides is 1. The Morgan fingerprint density at radius 3 is 2.74 bits per heavy atom. The lowest BCUT2D eigenvalue weighted by Crippen LogP contribution is -2.24. The highest BCUT2D eigenvalue weighted by molar-refractivity contribution is 7.98. The maximum absolute atomic E-state index is 12.3. The van der Waals surface area contributed by atoms with Gasteiger partial charge >= 0.3 is 0 Å². The molecule has 0 radical (unpaired) electrons. The quantitative estimate of drug-likeness (QED) is 0.349. The van der Waals surface area contributed by atoms with Gasteiger partial charge in [-0.2, -0.15) is 0 Å². The average Bonchev–Trinajstić information content (AvgIpc) is 3.41. The number of carbonyl (C=O) groups excluding carboxylic acids is 1. The molecule has 4 rings (SSSR count). The Kier molecular flexibility index (Phi) is 6.65. The van der Waals surface area contributed by atoms with Crippen molar-refractivity contribution in [3.63, 3.8) is 0 Å². The van der Waals surface area contributed by atoms with Crippen molar-refractivity contribution in [3.05, 3.63) is 93.6 Å². The van der Waals surface area contributed by atoms with E-state index in [2.05, 4.69) is 40.6 Å². The molecule has 0 aliphatic heterocycles. The van der Waals surface area contributed by atoms with Crippen LogP contribution in [0.5, 0.6) is 0 Å². The van der Waals surface area contributed by atoms with Crippen LogP contribution in [0.25, 0.3) is 5.69 Å². The van der Waals surface area contributed by atoms with Crippen molar-refractivity contribution in [2.75, 3.05) is 0 Å². The molecule has 4 aromatic rings. The lowest BCUT2D eigenvalue weighted by atomic mass is 10.2. The number of thioether (sulfide) groups is 1. The van der Waals surface area contributed by atoms with E-state index in [0.717, 1.165) is 0 Å². The van der Waals surface area contributed by atoms with E-state index in [0.29, 0.717) is 32.5 Å². The van der Waals surface area contributed by atoms with E-state index in [4.69, 9.17) is 27.6 Å². The van der Waals surface area contributed by atoms with Crippen molar-refractivity contribution in [3.8, 4) is 5.69 Å². The monoisotopic (exact) mass is 472 g/mol. The molecule has 1 amide bonds. The second-order valence-electron chi connectivity index (χ2n) is 6.77. The first-order chi connectivity index (χ1) is 15.0. The van der Waals surface area contributed by atoms with Gasteiger partial charge in [0.25, 0.3) is 5.91 Å². The van der Waals surface area contributed by atoms with Crippen molar-refractivity contribution < 1.29 is 9.21 Å². The van der Waals surface area contributed by atoms with Gasteiger partial charge in [-0.1, -0.05) is 64.8 Å². The van der Waals surface area contributed by atoms with Gasteiger partial charge in [0.05, 0.1) is 23.5 Å². The predicted molar refractivity (Wildman–Crippen MR) is 122 cm³/mol. The number of rotatable bonds is 7. The summed E-state index contributed by atoms with van der Waals surface area (Å²) in [7, 11) is 0. The number of aromatic nitrogens is 3. The van der Waals surface area contributed by atoms with Crippen molar-refractivity contribution in [2.45, 2.75) is 24.4 Å². The number of aryl methyl sites for hydroxylation is 1. The molecule has 2 aromatic heterocycles. The van der Waals surface area contributed by atoms with Crippen molar-refractivity contribution >= 4 is 40.9 Å². The van der Waals surface area contributed by atoms with Crippen LogP contribution in [0.3, 0.4) is 0 Å². The summed E-state index contributed by atoms with van der Waals surface area (Å²) in [5.74, 6) is 1.14. The molecular weight excluding hydrogens is 455 g/mol. The van der Waals surface area contributed by atoms with Crippen LogP contribution in [-0.2, 0) is 12.3 Å². The van der Waals surface area contributed by atoms with Gasteiger partial charge in [-0.05, 0) is 42.8 Å². The van der Waals surface area contributed by atoms with Gasteiger partial charge in [-0.3, -0.25) is 9.36 Å². The highest BCUT2D eigenvalue weighted by Gasteiger charge is 2.18. The molecule has 0 unspecified atom stereocenters. The average molecular weight is 473 g/mol. The van der Waals surface area contributed by atoms with Gasteiger partial charge in [-0.25, -0.2) is 0 Å². The van der Waals surface area contributed by atoms with E-state index in [1.165, 1.54) is 29.2 Å². The number of benzene rings is 2. The lowest BCUT2D eigenvalue weighted by Gasteiger charge is -2.12. The normalized spacial score (nSPS) is 10.9. The molecule has 0 bridgehead atoms. The number of nitrogens with one attached hydrogen (secondary N) is 1. The number of hydrogen-bond acceptors (Lipinski definition) is 5. The molecule has 9 heteroatoms. The minimum atomic E-state index is -0.337. The third-order valence-electron chi connectivity index (χ3n) is 4.45. The van der Waals surface area contributed by atoms with Gasteiger partial charge in [-0.15, -0.1) is 10.2 Å². The SMILES string of the molecule is Cc1cccc(CSc2nnc(CNC(=O)c3ccco3)n2-c2ccc(Cl)cc2Cl)c1. The number of carbonyl (C=O) groups is 1. The summed E-state index contributed by atoms with van der Waals surface area (Å²) < 4.78 is 6.97. The fraction of sp³-hybridized carbons (Fsp3) is 0.136. The molecule has 0 atom stereocenters. The van der Waals surface area contributed by atoms with Crippen LogP contribution in [0.15, 0.2) is 70.4 Å². The largest absolute Gasteiger partial charge is 0.459 e. The Morgan fingerprint density at radius 2 is 2.00 bits per heavy atom. The highest BCUT2D eigenvalue weighted by Crippen LogP contribution is 2.30. The summed E-state index contributed by atoms with van der Waals surface area (Å²) >= 11 is 14.1. The van der Waals surface area contributed by atoms with Crippen LogP contribution in [0.1, 0.15) is 27.5 Å². The molecule has 0 saturated carbocycles. The first-order valence-electron chi connectivity index (χ1n) is 9.41. The second-order valence-corrected chi connectivity index (χ2v) is 8.55. The van der Waals surface area contributed by atoms with Gasteiger partial charge in [0.2, 0.25) is 0 Å². The maximum atomic E-state index is 12.3. The summed E-state index contributed by atoms with van der Waals surface area (Å²) in [4.78, 5) is 12.3. The smallest absolute Gasteiger partial charge is 0.287 e. The molecule has 158 valence electrons. The van der Waals surface area contributed by atoms with Crippen molar-refractivity contribution in [1.82, 2.24) is 20.1 Å². The predicted octanol–water partition coefficient (Wildman–Crippen LogP) is 5.70. The molecule has 1 N–H and O–H groups in total. The van der Waals surface area contributed by atoms with Gasteiger partial charge in [0.15, 0.2) is 16.7 Å². The van der Waals surface area contributed by atoms with E-state index >= 15 is 0 Å². The van der Waals surface area contributed by atoms with Crippen LogP contribution in [0.4, 0.5) is 0 Å². The first-order valence-corrected chi connectivity index (χ1v) is 11.1. The van der Waals surface area contributed by atoms with Crippen LogP contribution in [-0.4, -0.2) is 20.7 Å². The Balaban J connectivity index is 1.62. The van der Waals surface area contributed by atoms with E-state index in [9.17, 15) is 4.79 Å². The Labute approximate surface area is 193 Å². The molecular formula is C22H18Cl2N4O2S. The van der Waals surface area contributed by atoms with Crippen molar-refractivity contribution in [2.24, 2.45) is 0 Å². The molecule has 2 heterocycles. The third kappa shape index (κ3) is 5.12. The minimum absolute atomic E-state index is 0.149. The number of furan rings is 1. The van der Waals surface area contributed by atoms with E-state index in [1.54, 1.807) is 24.3 Å². The summed E-state index contributed by atoms with van der Waals surface area (Å²) in [5, 5.41) is 13.1. The zero-order valence-electron chi connectivity index (χ0n) is 16.5. The zero-order chi connectivity index (χ0) is 21.8. The Bertz CT molecular complexity index is 1210. The molecule has 0 saturated heterocycles. The summed E-state index contributed by atoms with van der Waals surface area (Å²) in [6.07, 6.45) is 1.45. The van der Waals surface area contributed by atoms with E-state index < -0.39 is 0 Å². The van der Waals surface area contributed by atoms with E-state index in [-0.39, 0.29) is 18.2 Å². The first kappa shape index (κ1) is 21.5. The van der Waals surface area contributed by atoms with Crippen LogP contribution in [0, 0.1) is 6.92 Å². The van der Waals surface area contributed by atoms with Gasteiger partial charge in [0, 0.05) is 10.8 Å². The maximum Gasteiger partial charge on any atom is 0.287 e. The van der Waals surface area contributed by atoms with Crippen LogP contribution >= 0.6 is 35.0 Å². The fourth-order valence-electron chi connectivity index (χ4n) is 3.02. The van der Waals surface area contributed by atoms with E-state index in [1.807, 2.05) is 16.7 Å². The molecule has 0 fully saturated rings. The fourth-order valence-corrected chi connectivity index (χ4v) is 4.42. The molecule has 2 aromatic carbocycles. The lowest BCUT2D eigenvalue weighted by molar-refractivity contribution is 0.0922. The summed E-state index contributed by atoms with van der Waals surface area (Å²) in [6, 6.07) is 16.8. The van der Waals surface area contributed by atoms with Crippen LogP contribution in [0.2, 0.25) is 10.0 Å². The minimum Gasteiger partial charge on any atom is -0.459 e. The highest BCUT2D eigenvalue weighted by atomic mass is 35.5. The Morgan fingerprint density at radius 1 is 1.13 bits per heavy atom. The molecule has 0 aliphatic carbocycles. The molecule has 31 heavy (non-hydrogen) atoms. The molecule has 6 nitrogen and oxygen atoms in total. The standard InChI is InChI=1S/C22H18Cl2N4O2S/c1-14-4-2-5-15(10-14)13-31-22-27-26-20(12-25-21(29)19-6-3-9-30-19)28(22)18-8-7-16(23)11-17(18)24/h2-11H,12-13H2,1H3,(H,25,29). The third-order valence-corrected chi connectivity index (χ3v) is 5.99. The summed E-state index contributed by atoms with van der Waals surface area (Å²) in [6.45, 7) is 2.21. The number of nitrogens with zero attached hydrogens (tertiary/aromatic N) is 3.